The Hall–Kier alpha value is -1.38. The molecule has 2 rings (SSSR count). The van der Waals surface area contributed by atoms with E-state index in [-0.39, 0.29) is 5.78 Å². The van der Waals surface area contributed by atoms with Crippen LogP contribution in [0.4, 0.5) is 5.69 Å². The lowest BCUT2D eigenvalue weighted by Gasteiger charge is -2.16. The van der Waals surface area contributed by atoms with Gasteiger partial charge < -0.3 is 4.90 Å². The summed E-state index contributed by atoms with van der Waals surface area (Å²) in [6.07, 6.45) is 2.76. The number of fused-ring (bicyclic) bond motifs is 1. The third-order valence-corrected chi connectivity index (χ3v) is 2.24. The zero-order valence-electron chi connectivity index (χ0n) is 7.66. The van der Waals surface area contributed by atoms with Crippen LogP contribution in [0.5, 0.6) is 0 Å². The Kier molecular flexibility index (Phi) is 2.00. The first kappa shape index (κ1) is 8.23. The van der Waals surface area contributed by atoms with E-state index >= 15 is 0 Å². The largest absolute Gasteiger partial charge is 0.362 e. The number of hydrogen-bond acceptors (Lipinski definition) is 3. The Bertz CT molecular complexity index is 335. The normalized spacial score (nSPS) is 14.4. The first-order valence-corrected chi connectivity index (χ1v) is 4.45. The van der Waals surface area contributed by atoms with Crippen molar-refractivity contribution in [2.24, 2.45) is 0 Å². The molecule has 13 heavy (non-hydrogen) atoms. The van der Waals surface area contributed by atoms with Crippen LogP contribution in [0.1, 0.15) is 12.6 Å². The maximum Gasteiger partial charge on any atom is 0.149 e. The molecule has 3 heteroatoms. The fourth-order valence-corrected chi connectivity index (χ4v) is 1.70. The van der Waals surface area contributed by atoms with Crippen LogP contribution in [0, 0.1) is 0 Å². The van der Waals surface area contributed by atoms with Crippen molar-refractivity contribution in [1.82, 2.24) is 4.98 Å². The molecule has 0 spiro atoms. The summed E-state index contributed by atoms with van der Waals surface area (Å²) in [5, 5.41) is 0. The standard InChI is InChI=1S/C10H12N2O/c1-8(13)7-12-6-4-9-10(12)3-2-5-11-9/h2-3,5H,4,6-7H2,1H3. The number of anilines is 1. The number of pyridine rings is 1. The topological polar surface area (TPSA) is 33.2 Å². The fraction of sp³-hybridized carbons (Fsp3) is 0.400. The van der Waals surface area contributed by atoms with E-state index in [2.05, 4.69) is 9.88 Å². The molecule has 0 unspecified atom stereocenters. The van der Waals surface area contributed by atoms with Crippen LogP contribution < -0.4 is 4.90 Å². The molecular formula is C10H12N2O. The molecule has 3 nitrogen and oxygen atoms in total. The van der Waals surface area contributed by atoms with Gasteiger partial charge in [-0.1, -0.05) is 0 Å². The molecule has 0 saturated carbocycles. The molecule has 1 aromatic rings. The average Bonchev–Trinajstić information content (AvgIpc) is 2.48. The van der Waals surface area contributed by atoms with Gasteiger partial charge in [0.15, 0.2) is 0 Å². The highest BCUT2D eigenvalue weighted by Crippen LogP contribution is 2.24. The van der Waals surface area contributed by atoms with Gasteiger partial charge in [0.2, 0.25) is 0 Å². The first-order chi connectivity index (χ1) is 6.27. The quantitative estimate of drug-likeness (QED) is 0.675. The van der Waals surface area contributed by atoms with Crippen LogP contribution in [0.2, 0.25) is 0 Å². The number of aromatic nitrogens is 1. The minimum Gasteiger partial charge on any atom is -0.362 e. The molecule has 68 valence electrons. The van der Waals surface area contributed by atoms with Crippen molar-refractivity contribution in [3.05, 3.63) is 24.0 Å². The molecule has 0 saturated heterocycles. The van der Waals surface area contributed by atoms with Gasteiger partial charge >= 0.3 is 0 Å². The van der Waals surface area contributed by atoms with Gasteiger partial charge in [-0.3, -0.25) is 9.78 Å². The predicted molar refractivity (Wildman–Crippen MR) is 50.8 cm³/mol. The van der Waals surface area contributed by atoms with Crippen molar-refractivity contribution in [3.63, 3.8) is 0 Å². The second-order valence-corrected chi connectivity index (χ2v) is 3.34. The predicted octanol–water partition coefficient (Wildman–Crippen LogP) is 1.03. The Morgan fingerprint density at radius 2 is 2.54 bits per heavy atom. The third-order valence-electron chi connectivity index (χ3n) is 2.24. The van der Waals surface area contributed by atoms with Crippen molar-refractivity contribution in [2.45, 2.75) is 13.3 Å². The molecule has 0 atom stereocenters. The molecule has 1 aromatic heterocycles. The maximum absolute atomic E-state index is 10.9. The monoisotopic (exact) mass is 176 g/mol. The lowest BCUT2D eigenvalue weighted by Crippen LogP contribution is -2.26. The van der Waals surface area contributed by atoms with E-state index in [0.29, 0.717) is 6.54 Å². The SMILES string of the molecule is CC(=O)CN1CCc2ncccc21. The van der Waals surface area contributed by atoms with E-state index in [1.807, 2.05) is 12.1 Å². The number of nitrogens with zero attached hydrogens (tertiary/aromatic N) is 2. The average molecular weight is 176 g/mol. The van der Waals surface area contributed by atoms with Gasteiger partial charge in [-0.15, -0.1) is 0 Å². The van der Waals surface area contributed by atoms with Crippen LogP contribution in [0.3, 0.4) is 0 Å². The Morgan fingerprint density at radius 3 is 3.31 bits per heavy atom. The van der Waals surface area contributed by atoms with E-state index in [1.54, 1.807) is 13.1 Å². The van der Waals surface area contributed by atoms with Gasteiger partial charge in [0.25, 0.3) is 0 Å². The number of rotatable bonds is 2. The van der Waals surface area contributed by atoms with Crippen LogP contribution in [-0.4, -0.2) is 23.9 Å². The van der Waals surface area contributed by atoms with Crippen molar-refractivity contribution < 1.29 is 4.79 Å². The summed E-state index contributed by atoms with van der Waals surface area (Å²) in [5.41, 5.74) is 2.24. The summed E-state index contributed by atoms with van der Waals surface area (Å²) in [6.45, 7) is 3.05. The molecule has 0 amide bonds. The molecule has 0 aromatic carbocycles. The second kappa shape index (κ2) is 3.17. The van der Waals surface area contributed by atoms with E-state index in [0.717, 1.165) is 24.3 Å². The minimum absolute atomic E-state index is 0.205. The Morgan fingerprint density at radius 1 is 1.69 bits per heavy atom. The molecule has 0 aliphatic carbocycles. The zero-order chi connectivity index (χ0) is 9.26. The van der Waals surface area contributed by atoms with Crippen LogP contribution in [0.25, 0.3) is 0 Å². The summed E-state index contributed by atoms with van der Waals surface area (Å²) in [4.78, 5) is 17.3. The Labute approximate surface area is 77.4 Å². The minimum atomic E-state index is 0.205. The number of carbonyl (C=O) groups excluding carboxylic acids is 1. The highest BCUT2D eigenvalue weighted by Gasteiger charge is 2.19. The number of carbonyl (C=O) groups is 1. The van der Waals surface area contributed by atoms with Crippen molar-refractivity contribution in [1.29, 1.82) is 0 Å². The third kappa shape index (κ3) is 1.54. The van der Waals surface area contributed by atoms with Crippen molar-refractivity contribution in [3.8, 4) is 0 Å². The summed E-state index contributed by atoms with van der Waals surface area (Å²) in [5.74, 6) is 0.205. The number of hydrogen-bond donors (Lipinski definition) is 0. The molecular weight excluding hydrogens is 164 g/mol. The summed E-state index contributed by atoms with van der Waals surface area (Å²) in [7, 11) is 0. The van der Waals surface area contributed by atoms with E-state index in [9.17, 15) is 4.79 Å². The number of ketones is 1. The lowest BCUT2D eigenvalue weighted by molar-refractivity contribution is -0.115. The molecule has 0 fully saturated rings. The highest BCUT2D eigenvalue weighted by atomic mass is 16.1. The van der Waals surface area contributed by atoms with Crippen LogP contribution in [0.15, 0.2) is 18.3 Å². The van der Waals surface area contributed by atoms with E-state index in [4.69, 9.17) is 0 Å². The fourth-order valence-electron chi connectivity index (χ4n) is 1.70. The summed E-state index contributed by atoms with van der Waals surface area (Å²) < 4.78 is 0. The lowest BCUT2D eigenvalue weighted by atomic mass is 10.3. The number of Topliss-reactive ketones (excluding diaryl/α,β-unsaturated/α-hetero) is 1. The molecule has 1 aliphatic heterocycles. The van der Waals surface area contributed by atoms with Gasteiger partial charge in [-0.2, -0.15) is 0 Å². The van der Waals surface area contributed by atoms with Gasteiger partial charge in [0.05, 0.1) is 17.9 Å². The van der Waals surface area contributed by atoms with Crippen molar-refractivity contribution >= 4 is 11.5 Å². The van der Waals surface area contributed by atoms with Gasteiger partial charge in [-0.25, -0.2) is 0 Å². The van der Waals surface area contributed by atoms with Gasteiger partial charge in [0.1, 0.15) is 5.78 Å². The smallest absolute Gasteiger partial charge is 0.149 e. The van der Waals surface area contributed by atoms with Gasteiger partial charge in [-0.05, 0) is 19.1 Å². The summed E-state index contributed by atoms with van der Waals surface area (Å²) >= 11 is 0. The van der Waals surface area contributed by atoms with E-state index in [1.165, 1.54) is 0 Å². The van der Waals surface area contributed by atoms with E-state index < -0.39 is 0 Å². The molecule has 0 bridgehead atoms. The molecule has 0 N–H and O–H groups in total. The summed E-state index contributed by atoms with van der Waals surface area (Å²) in [6, 6.07) is 3.94. The zero-order valence-corrected chi connectivity index (χ0v) is 7.66. The molecule has 0 radical (unpaired) electrons. The Balaban J connectivity index is 2.23. The van der Waals surface area contributed by atoms with Gasteiger partial charge in [0, 0.05) is 19.2 Å². The molecule has 1 aliphatic rings. The van der Waals surface area contributed by atoms with Crippen molar-refractivity contribution in [2.75, 3.05) is 18.0 Å². The highest BCUT2D eigenvalue weighted by molar-refractivity contribution is 5.81. The van der Waals surface area contributed by atoms with Crippen LogP contribution >= 0.6 is 0 Å². The molecule has 2 heterocycles. The maximum atomic E-state index is 10.9. The van der Waals surface area contributed by atoms with Crippen LogP contribution in [-0.2, 0) is 11.2 Å². The second-order valence-electron chi connectivity index (χ2n) is 3.34. The first-order valence-electron chi connectivity index (χ1n) is 4.45.